The third-order valence-corrected chi connectivity index (χ3v) is 6.48. The summed E-state index contributed by atoms with van der Waals surface area (Å²) < 4.78 is 32.6. The number of hydrogen-bond acceptors (Lipinski definition) is 8. The van der Waals surface area contributed by atoms with Gasteiger partial charge in [0.1, 0.15) is 11.7 Å². The molecule has 0 amide bonds. The smallest absolute Gasteiger partial charge is 0.315 e. The molecule has 10 nitrogen and oxygen atoms in total. The maximum absolute atomic E-state index is 13.3. The summed E-state index contributed by atoms with van der Waals surface area (Å²) in [4.78, 5) is 41.4. The van der Waals surface area contributed by atoms with Gasteiger partial charge >= 0.3 is 5.97 Å². The van der Waals surface area contributed by atoms with Crippen LogP contribution in [0.15, 0.2) is 40.5 Å². The van der Waals surface area contributed by atoms with Crippen molar-refractivity contribution in [1.82, 2.24) is 4.72 Å². The van der Waals surface area contributed by atoms with Gasteiger partial charge in [0.25, 0.3) is 5.69 Å². The SMILES string of the molecule is CCCOC(=O)C1C(C)=NC(C)=C(C(=O)CS(=O)(=O)NC(C)C)C1c1cccc([N+](=O)[O-])c1. The summed E-state index contributed by atoms with van der Waals surface area (Å²) in [5.41, 5.74) is 0.771. The zero-order valence-electron chi connectivity index (χ0n) is 19.3. The number of ketones is 1. The van der Waals surface area contributed by atoms with Gasteiger partial charge in [-0.25, -0.2) is 13.1 Å². The van der Waals surface area contributed by atoms with Crippen LogP contribution in [0, 0.1) is 16.0 Å². The minimum absolute atomic E-state index is 0.0219. The highest BCUT2D eigenvalue weighted by Gasteiger charge is 2.42. The molecule has 0 spiro atoms. The number of Topliss-reactive ketones (excluding diaryl/α,β-unsaturated/α-hetero) is 1. The van der Waals surface area contributed by atoms with Gasteiger partial charge in [0.05, 0.1) is 11.5 Å². The fourth-order valence-electron chi connectivity index (χ4n) is 3.84. The van der Waals surface area contributed by atoms with Gasteiger partial charge in [-0.15, -0.1) is 0 Å². The molecule has 2 rings (SSSR count). The molecule has 0 saturated carbocycles. The molecule has 1 heterocycles. The Morgan fingerprint density at radius 1 is 1.27 bits per heavy atom. The summed E-state index contributed by atoms with van der Waals surface area (Å²) in [6.07, 6.45) is 0.579. The van der Waals surface area contributed by atoms with E-state index in [2.05, 4.69) is 9.71 Å². The quantitative estimate of drug-likeness (QED) is 0.308. The Morgan fingerprint density at radius 3 is 2.52 bits per heavy atom. The van der Waals surface area contributed by atoms with Crippen molar-refractivity contribution in [1.29, 1.82) is 0 Å². The van der Waals surface area contributed by atoms with Crippen LogP contribution in [0.1, 0.15) is 52.5 Å². The molecule has 0 radical (unpaired) electrons. The number of nitro benzene ring substituents is 1. The first-order valence-corrected chi connectivity index (χ1v) is 12.2. The number of non-ortho nitro benzene ring substituents is 1. The predicted octanol–water partition coefficient (Wildman–Crippen LogP) is 2.89. The molecule has 0 fully saturated rings. The van der Waals surface area contributed by atoms with Gasteiger partial charge in [-0.3, -0.25) is 24.7 Å². The molecule has 0 aliphatic carbocycles. The van der Waals surface area contributed by atoms with Gasteiger partial charge in [0.2, 0.25) is 10.0 Å². The molecule has 2 atom stereocenters. The number of carbonyl (C=O) groups is 2. The van der Waals surface area contributed by atoms with E-state index in [-0.39, 0.29) is 23.6 Å². The monoisotopic (exact) mass is 479 g/mol. The fourth-order valence-corrected chi connectivity index (χ4v) is 5.15. The molecule has 33 heavy (non-hydrogen) atoms. The number of rotatable bonds is 10. The molecular weight excluding hydrogens is 450 g/mol. The van der Waals surface area contributed by atoms with Crippen LogP contribution < -0.4 is 4.72 Å². The van der Waals surface area contributed by atoms with E-state index < -0.39 is 50.3 Å². The molecule has 1 aromatic carbocycles. The number of nitrogens with zero attached hydrogens (tertiary/aromatic N) is 2. The minimum atomic E-state index is -3.95. The van der Waals surface area contributed by atoms with Gasteiger partial charge in [0, 0.05) is 41.1 Å². The molecule has 1 N–H and O–H groups in total. The third-order valence-electron chi connectivity index (χ3n) is 5.01. The normalized spacial score (nSPS) is 18.8. The van der Waals surface area contributed by atoms with E-state index in [4.69, 9.17) is 4.74 Å². The molecule has 1 aromatic rings. The Balaban J connectivity index is 2.64. The number of allylic oxidation sites excluding steroid dienone is 2. The molecular formula is C22H29N3O7S. The van der Waals surface area contributed by atoms with E-state index in [0.29, 0.717) is 17.7 Å². The second-order valence-corrected chi connectivity index (χ2v) is 9.94. The van der Waals surface area contributed by atoms with Gasteiger partial charge < -0.3 is 4.74 Å². The second kappa shape index (κ2) is 10.8. The van der Waals surface area contributed by atoms with E-state index in [1.807, 2.05) is 6.92 Å². The summed E-state index contributed by atoms with van der Waals surface area (Å²) in [5.74, 6) is -4.21. The topological polar surface area (TPSA) is 145 Å². The third kappa shape index (κ3) is 6.55. The largest absolute Gasteiger partial charge is 0.465 e. The van der Waals surface area contributed by atoms with E-state index in [9.17, 15) is 28.1 Å². The highest BCUT2D eigenvalue weighted by atomic mass is 32.2. The van der Waals surface area contributed by atoms with Crippen LogP contribution in [0.2, 0.25) is 0 Å². The number of carbonyl (C=O) groups excluding carboxylic acids is 2. The second-order valence-electron chi connectivity index (χ2n) is 8.18. The first-order chi connectivity index (χ1) is 15.4. The first-order valence-electron chi connectivity index (χ1n) is 10.6. The van der Waals surface area contributed by atoms with Crippen LogP contribution in [-0.4, -0.2) is 49.2 Å². The number of ether oxygens (including phenoxy) is 1. The van der Waals surface area contributed by atoms with E-state index in [1.165, 1.54) is 18.2 Å². The van der Waals surface area contributed by atoms with Crippen LogP contribution in [0.25, 0.3) is 0 Å². The van der Waals surface area contributed by atoms with Crippen molar-refractivity contribution < 1.29 is 27.7 Å². The van der Waals surface area contributed by atoms with Crippen molar-refractivity contribution in [2.75, 3.05) is 12.4 Å². The number of sulfonamides is 1. The lowest BCUT2D eigenvalue weighted by Crippen LogP contribution is -2.39. The maximum Gasteiger partial charge on any atom is 0.315 e. The summed E-state index contributed by atoms with van der Waals surface area (Å²) in [7, 11) is -3.95. The Morgan fingerprint density at radius 2 is 1.94 bits per heavy atom. The summed E-state index contributed by atoms with van der Waals surface area (Å²) >= 11 is 0. The number of benzene rings is 1. The average Bonchev–Trinajstić information content (AvgIpc) is 2.69. The predicted molar refractivity (Wildman–Crippen MR) is 123 cm³/mol. The van der Waals surface area contributed by atoms with Crippen molar-refractivity contribution in [2.24, 2.45) is 10.9 Å². The van der Waals surface area contributed by atoms with Crippen molar-refractivity contribution in [2.45, 2.75) is 53.0 Å². The molecule has 2 unspecified atom stereocenters. The summed E-state index contributed by atoms with van der Waals surface area (Å²) in [6.45, 7) is 8.42. The Kier molecular flexibility index (Phi) is 8.62. The number of nitro groups is 1. The van der Waals surface area contributed by atoms with Crippen LogP contribution >= 0.6 is 0 Å². The first kappa shape index (κ1) is 26.3. The van der Waals surface area contributed by atoms with Crippen molar-refractivity contribution >= 4 is 33.2 Å². The Bertz CT molecular complexity index is 1110. The summed E-state index contributed by atoms with van der Waals surface area (Å²) in [5, 5.41) is 11.4. The summed E-state index contributed by atoms with van der Waals surface area (Å²) in [6, 6.07) is 5.20. The van der Waals surface area contributed by atoms with E-state index in [1.54, 1.807) is 33.8 Å². The highest BCUT2D eigenvalue weighted by molar-refractivity contribution is 7.90. The van der Waals surface area contributed by atoms with Crippen LogP contribution in [0.5, 0.6) is 0 Å². The Labute approximate surface area is 193 Å². The number of hydrogen-bond donors (Lipinski definition) is 1. The van der Waals surface area contributed by atoms with Gasteiger partial charge in [-0.2, -0.15) is 0 Å². The molecule has 11 heteroatoms. The fraction of sp³-hybridized carbons (Fsp3) is 0.500. The van der Waals surface area contributed by atoms with Crippen LogP contribution in [0.3, 0.4) is 0 Å². The zero-order chi connectivity index (χ0) is 24.9. The van der Waals surface area contributed by atoms with E-state index in [0.717, 1.165) is 0 Å². The van der Waals surface area contributed by atoms with Gasteiger partial charge in [-0.1, -0.05) is 19.1 Å². The minimum Gasteiger partial charge on any atom is -0.465 e. The van der Waals surface area contributed by atoms with E-state index >= 15 is 0 Å². The lowest BCUT2D eigenvalue weighted by Gasteiger charge is -2.32. The molecule has 1 aliphatic rings. The highest BCUT2D eigenvalue weighted by Crippen LogP contribution is 2.41. The average molecular weight is 480 g/mol. The maximum atomic E-state index is 13.3. The number of nitrogens with one attached hydrogen (secondary N) is 1. The van der Waals surface area contributed by atoms with Crippen LogP contribution in [-0.2, 0) is 24.3 Å². The molecule has 1 aliphatic heterocycles. The van der Waals surface area contributed by atoms with Crippen molar-refractivity contribution in [3.8, 4) is 0 Å². The standard InChI is InChI=1S/C22H29N3O7S/c1-6-10-32-22(27)20-15(5)23-14(4)19(18(26)12-33(30,31)24-13(2)3)21(20)16-8-7-9-17(11-16)25(28)29/h7-9,11,13,20-21,24H,6,10,12H2,1-5H3. The lowest BCUT2D eigenvalue weighted by molar-refractivity contribution is -0.384. The molecule has 0 aromatic heterocycles. The van der Waals surface area contributed by atoms with Gasteiger partial charge in [0.15, 0.2) is 5.78 Å². The van der Waals surface area contributed by atoms with Crippen LogP contribution in [0.4, 0.5) is 5.69 Å². The molecule has 0 saturated heterocycles. The molecule has 180 valence electrons. The van der Waals surface area contributed by atoms with Crippen molar-refractivity contribution in [3.63, 3.8) is 0 Å². The number of esters is 1. The zero-order valence-corrected chi connectivity index (χ0v) is 20.1. The van der Waals surface area contributed by atoms with Gasteiger partial charge in [-0.05, 0) is 39.7 Å². The lowest BCUT2D eigenvalue weighted by atomic mass is 9.74. The molecule has 0 bridgehead atoms. The number of aliphatic imine (C=N–C) groups is 1. The Hall–Kier alpha value is -2.92. The van der Waals surface area contributed by atoms with Crippen molar-refractivity contribution in [3.05, 3.63) is 51.2 Å².